The molecule has 1 heterocycles. The highest BCUT2D eigenvalue weighted by Crippen LogP contribution is 2.24. The van der Waals surface area contributed by atoms with Crippen molar-refractivity contribution in [3.05, 3.63) is 77.1 Å². The maximum atomic E-state index is 9.43. The van der Waals surface area contributed by atoms with E-state index in [9.17, 15) is 5.11 Å². The summed E-state index contributed by atoms with van der Waals surface area (Å²) < 4.78 is 7.30. The highest BCUT2D eigenvalue weighted by atomic mass is 32.2. The second kappa shape index (κ2) is 8.23. The molecule has 0 aliphatic heterocycles. The van der Waals surface area contributed by atoms with E-state index in [1.54, 1.807) is 18.9 Å². The van der Waals surface area contributed by atoms with E-state index in [0.29, 0.717) is 12.2 Å². The standard InChI is InChI=1S/C20H22N2O2S/c1-15-4-3-5-17(10-15)14-25-20-21-18(13-23)12-22(20)11-16-6-8-19(24-2)9-7-16/h3-10,12,23H,11,13-14H2,1-2H3. The third-order valence-corrected chi connectivity index (χ3v) is 4.98. The molecule has 0 fully saturated rings. The lowest BCUT2D eigenvalue weighted by Gasteiger charge is -2.09. The molecule has 0 atom stereocenters. The number of benzene rings is 2. The molecule has 0 aliphatic rings. The second-order valence-corrected chi connectivity index (χ2v) is 6.87. The van der Waals surface area contributed by atoms with Gasteiger partial charge in [0.1, 0.15) is 5.75 Å². The van der Waals surface area contributed by atoms with Gasteiger partial charge in [0.25, 0.3) is 0 Å². The number of hydrogen-bond acceptors (Lipinski definition) is 4. The monoisotopic (exact) mass is 354 g/mol. The largest absolute Gasteiger partial charge is 0.497 e. The predicted molar refractivity (Wildman–Crippen MR) is 101 cm³/mol. The minimum absolute atomic E-state index is 0.0480. The number of imidazole rings is 1. The molecule has 3 rings (SSSR count). The summed E-state index contributed by atoms with van der Waals surface area (Å²) in [6.45, 7) is 2.77. The molecule has 0 bridgehead atoms. The number of rotatable bonds is 7. The fourth-order valence-corrected chi connectivity index (χ4v) is 3.57. The number of ether oxygens (including phenoxy) is 1. The van der Waals surface area contributed by atoms with Crippen LogP contribution in [-0.2, 0) is 18.9 Å². The zero-order valence-electron chi connectivity index (χ0n) is 14.5. The molecule has 0 unspecified atom stereocenters. The van der Waals surface area contributed by atoms with Crippen LogP contribution in [-0.4, -0.2) is 21.8 Å². The Bertz CT molecular complexity index is 828. The SMILES string of the molecule is COc1ccc(Cn2cc(CO)nc2SCc2cccc(C)c2)cc1. The molecule has 25 heavy (non-hydrogen) atoms. The molecule has 0 saturated carbocycles. The van der Waals surface area contributed by atoms with Crippen LogP contribution >= 0.6 is 11.8 Å². The van der Waals surface area contributed by atoms with Crippen molar-refractivity contribution in [3.63, 3.8) is 0 Å². The topological polar surface area (TPSA) is 47.3 Å². The Balaban J connectivity index is 1.75. The van der Waals surface area contributed by atoms with Gasteiger partial charge in [-0.15, -0.1) is 0 Å². The zero-order valence-corrected chi connectivity index (χ0v) is 15.3. The number of aliphatic hydroxyl groups is 1. The highest BCUT2D eigenvalue weighted by molar-refractivity contribution is 7.98. The lowest BCUT2D eigenvalue weighted by molar-refractivity contribution is 0.277. The average molecular weight is 354 g/mol. The third kappa shape index (κ3) is 4.65. The van der Waals surface area contributed by atoms with Gasteiger partial charge >= 0.3 is 0 Å². The first-order chi connectivity index (χ1) is 12.2. The molecule has 5 heteroatoms. The predicted octanol–water partition coefficient (Wildman–Crippen LogP) is 4.03. The van der Waals surface area contributed by atoms with Crippen molar-refractivity contribution in [1.82, 2.24) is 9.55 Å². The highest BCUT2D eigenvalue weighted by Gasteiger charge is 2.09. The number of aliphatic hydroxyl groups excluding tert-OH is 1. The first-order valence-electron chi connectivity index (χ1n) is 8.16. The molecule has 0 spiro atoms. The van der Waals surface area contributed by atoms with E-state index in [1.165, 1.54) is 16.7 Å². The van der Waals surface area contributed by atoms with E-state index < -0.39 is 0 Å². The number of thioether (sulfide) groups is 1. The number of nitrogens with zero attached hydrogens (tertiary/aromatic N) is 2. The number of methoxy groups -OCH3 is 1. The molecule has 2 aromatic carbocycles. The van der Waals surface area contributed by atoms with E-state index >= 15 is 0 Å². The summed E-state index contributed by atoms with van der Waals surface area (Å²) in [6.07, 6.45) is 1.92. The van der Waals surface area contributed by atoms with E-state index in [2.05, 4.69) is 40.7 Å². The fourth-order valence-electron chi connectivity index (χ4n) is 2.63. The lowest BCUT2D eigenvalue weighted by Crippen LogP contribution is -2.00. The maximum Gasteiger partial charge on any atom is 0.168 e. The van der Waals surface area contributed by atoms with Gasteiger partial charge in [0.05, 0.1) is 19.4 Å². The van der Waals surface area contributed by atoms with Gasteiger partial charge in [0.2, 0.25) is 0 Å². The van der Waals surface area contributed by atoms with Crippen LogP contribution in [0, 0.1) is 6.92 Å². The molecular formula is C20H22N2O2S. The number of aromatic nitrogens is 2. The molecule has 0 amide bonds. The molecular weight excluding hydrogens is 332 g/mol. The Morgan fingerprint density at radius 2 is 1.92 bits per heavy atom. The van der Waals surface area contributed by atoms with Gasteiger partial charge in [0.15, 0.2) is 5.16 Å². The molecule has 0 aliphatic carbocycles. The van der Waals surface area contributed by atoms with Gasteiger partial charge in [-0.25, -0.2) is 4.98 Å². The summed E-state index contributed by atoms with van der Waals surface area (Å²) in [4.78, 5) is 4.55. The van der Waals surface area contributed by atoms with Crippen molar-refractivity contribution < 1.29 is 9.84 Å². The second-order valence-electron chi connectivity index (χ2n) is 5.93. The Labute approximate surface area is 152 Å². The van der Waals surface area contributed by atoms with Gasteiger partial charge in [-0.05, 0) is 30.2 Å². The Hall–Kier alpha value is -2.24. The smallest absolute Gasteiger partial charge is 0.168 e. The minimum atomic E-state index is -0.0480. The quantitative estimate of drug-likeness (QED) is 0.651. The van der Waals surface area contributed by atoms with E-state index in [-0.39, 0.29) is 6.61 Å². The Morgan fingerprint density at radius 1 is 1.12 bits per heavy atom. The maximum absolute atomic E-state index is 9.43. The molecule has 1 aromatic heterocycles. The van der Waals surface area contributed by atoms with Crippen molar-refractivity contribution in [3.8, 4) is 5.75 Å². The average Bonchev–Trinajstić information content (AvgIpc) is 3.03. The summed E-state index contributed by atoms with van der Waals surface area (Å²) in [5, 5.41) is 10.3. The van der Waals surface area contributed by atoms with Crippen LogP contribution in [0.4, 0.5) is 0 Å². The van der Waals surface area contributed by atoms with Gasteiger partial charge in [-0.2, -0.15) is 0 Å². The minimum Gasteiger partial charge on any atom is -0.497 e. The molecule has 130 valence electrons. The van der Waals surface area contributed by atoms with Gasteiger partial charge < -0.3 is 14.4 Å². The van der Waals surface area contributed by atoms with Crippen molar-refractivity contribution in [2.24, 2.45) is 0 Å². The van der Waals surface area contributed by atoms with Crippen LogP contribution in [0.3, 0.4) is 0 Å². The van der Waals surface area contributed by atoms with E-state index in [0.717, 1.165) is 16.7 Å². The van der Waals surface area contributed by atoms with Crippen LogP contribution in [0.1, 0.15) is 22.4 Å². The van der Waals surface area contributed by atoms with Crippen LogP contribution < -0.4 is 4.74 Å². The summed E-state index contributed by atoms with van der Waals surface area (Å²) in [5.74, 6) is 1.70. The molecule has 3 aromatic rings. The fraction of sp³-hybridized carbons (Fsp3) is 0.250. The van der Waals surface area contributed by atoms with Crippen LogP contribution in [0.5, 0.6) is 5.75 Å². The molecule has 1 N–H and O–H groups in total. The molecule has 4 nitrogen and oxygen atoms in total. The normalized spacial score (nSPS) is 10.8. The number of aryl methyl sites for hydroxylation is 1. The third-order valence-electron chi connectivity index (χ3n) is 3.91. The van der Waals surface area contributed by atoms with Gasteiger partial charge in [0, 0.05) is 18.5 Å². The van der Waals surface area contributed by atoms with Crippen molar-refractivity contribution in [1.29, 1.82) is 0 Å². The Morgan fingerprint density at radius 3 is 2.60 bits per heavy atom. The molecule has 0 saturated heterocycles. The Kier molecular flexibility index (Phi) is 5.79. The summed E-state index contributed by atoms with van der Waals surface area (Å²) in [5.41, 5.74) is 4.39. The summed E-state index contributed by atoms with van der Waals surface area (Å²) in [7, 11) is 1.67. The van der Waals surface area contributed by atoms with Gasteiger partial charge in [-0.3, -0.25) is 0 Å². The lowest BCUT2D eigenvalue weighted by atomic mass is 10.2. The first-order valence-corrected chi connectivity index (χ1v) is 9.14. The van der Waals surface area contributed by atoms with E-state index in [4.69, 9.17) is 4.74 Å². The van der Waals surface area contributed by atoms with Crippen LogP contribution in [0.25, 0.3) is 0 Å². The van der Waals surface area contributed by atoms with E-state index in [1.807, 2.05) is 30.5 Å². The summed E-state index contributed by atoms with van der Waals surface area (Å²) >= 11 is 1.69. The van der Waals surface area contributed by atoms with Crippen molar-refractivity contribution in [2.45, 2.75) is 31.0 Å². The summed E-state index contributed by atoms with van der Waals surface area (Å²) in [6, 6.07) is 16.5. The van der Waals surface area contributed by atoms with Crippen molar-refractivity contribution in [2.75, 3.05) is 7.11 Å². The van der Waals surface area contributed by atoms with Crippen LogP contribution in [0.15, 0.2) is 59.9 Å². The van der Waals surface area contributed by atoms with Gasteiger partial charge in [-0.1, -0.05) is 53.7 Å². The van der Waals surface area contributed by atoms with Crippen molar-refractivity contribution >= 4 is 11.8 Å². The zero-order chi connectivity index (χ0) is 17.6. The first kappa shape index (κ1) is 17.6. The molecule has 0 radical (unpaired) electrons. The number of hydrogen-bond donors (Lipinski definition) is 1. The van der Waals surface area contributed by atoms with Crippen LogP contribution in [0.2, 0.25) is 0 Å².